The molecule has 0 radical (unpaired) electrons. The van der Waals surface area contributed by atoms with Crippen LogP contribution in [0.15, 0.2) is 18.2 Å². The predicted octanol–water partition coefficient (Wildman–Crippen LogP) is 2.65. The summed E-state index contributed by atoms with van der Waals surface area (Å²) in [5.74, 6) is -1.20. The zero-order valence-electron chi connectivity index (χ0n) is 6.51. The molecule has 1 atom stereocenters. The Bertz CT molecular complexity index is 256. The molecular weight excluding hydrogens is 180 g/mol. The third-order valence-electron chi connectivity index (χ3n) is 1.32. The van der Waals surface area contributed by atoms with Crippen LogP contribution in [0.3, 0.4) is 0 Å². The molecule has 1 aromatic rings. The summed E-state index contributed by atoms with van der Waals surface area (Å²) < 4.78 is 25.7. The number of nitrogens with one attached hydrogen (secondary N) is 1. The zero-order valence-corrected chi connectivity index (χ0v) is 7.41. The van der Waals surface area contributed by atoms with Crippen molar-refractivity contribution in [2.24, 2.45) is 0 Å². The molecule has 0 amide bonds. The van der Waals surface area contributed by atoms with Crippen molar-refractivity contribution in [2.75, 3.05) is 5.32 Å². The first-order chi connectivity index (χ1) is 5.61. The van der Waals surface area contributed by atoms with E-state index in [1.807, 2.05) is 0 Å². The van der Waals surface area contributed by atoms with E-state index >= 15 is 0 Å². The molecule has 0 aliphatic heterocycles. The quantitative estimate of drug-likeness (QED) is 0.538. The van der Waals surface area contributed by atoms with E-state index in [2.05, 4.69) is 17.9 Å². The first-order valence-electron chi connectivity index (χ1n) is 3.50. The van der Waals surface area contributed by atoms with Crippen molar-refractivity contribution in [1.82, 2.24) is 0 Å². The molecule has 0 bridgehead atoms. The van der Waals surface area contributed by atoms with Gasteiger partial charge in [0.2, 0.25) is 0 Å². The zero-order chi connectivity index (χ0) is 9.14. The van der Waals surface area contributed by atoms with Crippen LogP contribution in [-0.4, -0.2) is 5.37 Å². The maximum Gasteiger partial charge on any atom is 0.149 e. The van der Waals surface area contributed by atoms with Crippen LogP contribution in [0.25, 0.3) is 0 Å². The van der Waals surface area contributed by atoms with Crippen LogP contribution < -0.4 is 5.32 Å². The highest BCUT2D eigenvalue weighted by Gasteiger charge is 2.08. The molecule has 12 heavy (non-hydrogen) atoms. The third-order valence-corrected chi connectivity index (χ3v) is 1.45. The Morgan fingerprint density at radius 1 is 1.33 bits per heavy atom. The van der Waals surface area contributed by atoms with Crippen molar-refractivity contribution in [3.63, 3.8) is 0 Å². The van der Waals surface area contributed by atoms with Gasteiger partial charge in [-0.05, 0) is 19.1 Å². The fraction of sp³-hybridized carbons (Fsp3) is 0.250. The van der Waals surface area contributed by atoms with E-state index in [-0.39, 0.29) is 11.1 Å². The van der Waals surface area contributed by atoms with Crippen LogP contribution in [0.2, 0.25) is 0 Å². The number of rotatable bonds is 2. The Kier molecular flexibility index (Phi) is 2.92. The van der Waals surface area contributed by atoms with Crippen molar-refractivity contribution in [1.29, 1.82) is 0 Å². The van der Waals surface area contributed by atoms with Crippen LogP contribution in [-0.2, 0) is 0 Å². The monoisotopic (exact) mass is 189 g/mol. The van der Waals surface area contributed by atoms with E-state index < -0.39 is 11.6 Å². The molecule has 0 fully saturated rings. The van der Waals surface area contributed by atoms with Crippen LogP contribution in [0.4, 0.5) is 14.5 Å². The Hall–Kier alpha value is -0.770. The van der Waals surface area contributed by atoms with E-state index in [9.17, 15) is 8.78 Å². The summed E-state index contributed by atoms with van der Waals surface area (Å²) in [6.07, 6.45) is 0. The van der Waals surface area contributed by atoms with Gasteiger partial charge in [0.05, 0.1) is 5.37 Å². The van der Waals surface area contributed by atoms with Gasteiger partial charge in [0.15, 0.2) is 0 Å². The summed E-state index contributed by atoms with van der Waals surface area (Å²) in [7, 11) is 0. The molecule has 1 N–H and O–H groups in total. The highest BCUT2D eigenvalue weighted by Crippen LogP contribution is 2.19. The second-order valence-corrected chi connectivity index (χ2v) is 3.19. The number of thiol groups is 1. The number of anilines is 1. The Balaban J connectivity index is 2.96. The van der Waals surface area contributed by atoms with Crippen molar-refractivity contribution >= 4 is 18.3 Å². The molecule has 66 valence electrons. The standard InChI is InChI=1S/C8H9F2NS/c1-5(12)11-8-6(9)3-2-4-7(8)10/h2-5,11-12H,1H3. The lowest BCUT2D eigenvalue weighted by molar-refractivity contribution is 0.588. The summed E-state index contributed by atoms with van der Waals surface area (Å²) in [5.41, 5.74) is -0.125. The first kappa shape index (κ1) is 9.32. The molecule has 0 aliphatic rings. The van der Waals surface area contributed by atoms with Gasteiger partial charge in [0.1, 0.15) is 17.3 Å². The van der Waals surface area contributed by atoms with Gasteiger partial charge in [-0.2, -0.15) is 12.6 Å². The van der Waals surface area contributed by atoms with Gasteiger partial charge in [0, 0.05) is 0 Å². The van der Waals surface area contributed by atoms with Crippen molar-refractivity contribution < 1.29 is 8.78 Å². The lowest BCUT2D eigenvalue weighted by Crippen LogP contribution is -2.10. The van der Waals surface area contributed by atoms with Gasteiger partial charge in [-0.1, -0.05) is 6.07 Å². The topological polar surface area (TPSA) is 12.0 Å². The highest BCUT2D eigenvalue weighted by atomic mass is 32.1. The van der Waals surface area contributed by atoms with Gasteiger partial charge in [0.25, 0.3) is 0 Å². The summed E-state index contributed by atoms with van der Waals surface area (Å²) >= 11 is 3.96. The molecular formula is C8H9F2NS. The second-order valence-electron chi connectivity index (χ2n) is 2.42. The van der Waals surface area contributed by atoms with Crippen LogP contribution in [0.1, 0.15) is 6.92 Å². The van der Waals surface area contributed by atoms with Crippen LogP contribution in [0, 0.1) is 11.6 Å². The van der Waals surface area contributed by atoms with Gasteiger partial charge in [-0.3, -0.25) is 0 Å². The summed E-state index contributed by atoms with van der Waals surface area (Å²) in [6.45, 7) is 1.69. The average molecular weight is 189 g/mol. The van der Waals surface area contributed by atoms with E-state index in [1.165, 1.54) is 18.2 Å². The van der Waals surface area contributed by atoms with E-state index in [0.29, 0.717) is 0 Å². The maximum atomic E-state index is 12.9. The maximum absolute atomic E-state index is 12.9. The molecule has 0 saturated heterocycles. The smallest absolute Gasteiger partial charge is 0.149 e. The molecule has 1 rings (SSSR count). The largest absolute Gasteiger partial charge is 0.369 e. The number of hydrogen-bond acceptors (Lipinski definition) is 2. The van der Waals surface area contributed by atoms with Gasteiger partial charge in [-0.15, -0.1) is 0 Å². The lowest BCUT2D eigenvalue weighted by atomic mass is 10.3. The molecule has 0 aromatic heterocycles. The summed E-state index contributed by atoms with van der Waals surface area (Å²) in [5, 5.41) is 2.27. The first-order valence-corrected chi connectivity index (χ1v) is 4.01. The van der Waals surface area contributed by atoms with Gasteiger partial charge in [-0.25, -0.2) is 8.78 Å². The third kappa shape index (κ3) is 2.11. The summed E-state index contributed by atoms with van der Waals surface area (Å²) in [4.78, 5) is 0. The van der Waals surface area contributed by atoms with E-state index in [1.54, 1.807) is 6.92 Å². The molecule has 1 nitrogen and oxygen atoms in total. The van der Waals surface area contributed by atoms with E-state index in [4.69, 9.17) is 0 Å². The lowest BCUT2D eigenvalue weighted by Gasteiger charge is -2.10. The van der Waals surface area contributed by atoms with Gasteiger partial charge >= 0.3 is 0 Å². The molecule has 0 saturated carbocycles. The number of benzene rings is 1. The number of para-hydroxylation sites is 1. The fourth-order valence-electron chi connectivity index (χ4n) is 0.845. The minimum Gasteiger partial charge on any atom is -0.369 e. The van der Waals surface area contributed by atoms with Crippen molar-refractivity contribution in [2.45, 2.75) is 12.3 Å². The number of hydrogen-bond donors (Lipinski definition) is 2. The molecule has 0 aliphatic carbocycles. The highest BCUT2D eigenvalue weighted by molar-refractivity contribution is 7.81. The Labute approximate surface area is 75.2 Å². The van der Waals surface area contributed by atoms with E-state index in [0.717, 1.165) is 0 Å². The summed E-state index contributed by atoms with van der Waals surface area (Å²) in [6, 6.07) is 3.71. The number of halogens is 2. The minimum atomic E-state index is -0.601. The van der Waals surface area contributed by atoms with Crippen molar-refractivity contribution in [3.05, 3.63) is 29.8 Å². The molecule has 1 unspecified atom stereocenters. The molecule has 1 aromatic carbocycles. The Morgan fingerprint density at radius 2 is 1.83 bits per heavy atom. The second kappa shape index (κ2) is 3.76. The molecule has 0 heterocycles. The van der Waals surface area contributed by atoms with Gasteiger partial charge < -0.3 is 5.32 Å². The average Bonchev–Trinajstić information content (AvgIpc) is 1.97. The SMILES string of the molecule is CC(S)Nc1c(F)cccc1F. The predicted molar refractivity (Wildman–Crippen MR) is 48.4 cm³/mol. The Morgan fingerprint density at radius 3 is 2.25 bits per heavy atom. The minimum absolute atomic E-state index is 0.125. The normalized spacial score (nSPS) is 12.7. The molecule has 0 spiro atoms. The van der Waals surface area contributed by atoms with Crippen LogP contribution >= 0.6 is 12.6 Å². The molecule has 4 heteroatoms. The van der Waals surface area contributed by atoms with Crippen LogP contribution in [0.5, 0.6) is 0 Å². The fourth-order valence-corrected chi connectivity index (χ4v) is 0.974. The van der Waals surface area contributed by atoms with Crippen molar-refractivity contribution in [3.8, 4) is 0 Å².